The SMILES string of the molecule is [CH2]COCc1cccc(I)c1. The van der Waals surface area contributed by atoms with E-state index >= 15 is 0 Å². The van der Waals surface area contributed by atoms with E-state index < -0.39 is 0 Å². The van der Waals surface area contributed by atoms with Gasteiger partial charge in [-0.15, -0.1) is 0 Å². The van der Waals surface area contributed by atoms with Gasteiger partial charge in [0, 0.05) is 10.2 Å². The number of benzene rings is 1. The first-order chi connectivity index (χ1) is 5.33. The predicted octanol–water partition coefficient (Wildman–Crippen LogP) is 2.64. The molecule has 1 radical (unpaired) electrons. The van der Waals surface area contributed by atoms with Gasteiger partial charge in [-0.25, -0.2) is 0 Å². The molecule has 0 amide bonds. The largest absolute Gasteiger partial charge is 0.377 e. The minimum atomic E-state index is 0.533. The molecule has 0 saturated heterocycles. The summed E-state index contributed by atoms with van der Waals surface area (Å²) in [6.07, 6.45) is 0. The molecule has 0 aliphatic heterocycles. The molecule has 0 aliphatic carbocycles. The summed E-state index contributed by atoms with van der Waals surface area (Å²) >= 11 is 2.29. The zero-order valence-electron chi connectivity index (χ0n) is 6.22. The normalized spacial score (nSPS) is 10.0. The standard InChI is InChI=1S/C9H10IO/c1-2-11-7-8-4-3-5-9(10)6-8/h3-6H,1-2,7H2. The Kier molecular flexibility index (Phi) is 3.86. The lowest BCUT2D eigenvalue weighted by molar-refractivity contribution is 0.147. The zero-order chi connectivity index (χ0) is 8.10. The summed E-state index contributed by atoms with van der Waals surface area (Å²) in [4.78, 5) is 0. The van der Waals surface area contributed by atoms with Gasteiger partial charge in [-0.3, -0.25) is 0 Å². The van der Waals surface area contributed by atoms with Gasteiger partial charge >= 0.3 is 0 Å². The van der Waals surface area contributed by atoms with Crippen molar-refractivity contribution in [1.29, 1.82) is 0 Å². The van der Waals surface area contributed by atoms with Gasteiger partial charge in [0.15, 0.2) is 0 Å². The molecular weight excluding hydrogens is 251 g/mol. The number of rotatable bonds is 3. The second kappa shape index (κ2) is 4.72. The van der Waals surface area contributed by atoms with Crippen LogP contribution < -0.4 is 0 Å². The molecule has 1 aromatic rings. The third-order valence-electron chi connectivity index (χ3n) is 1.30. The third kappa shape index (κ3) is 3.20. The smallest absolute Gasteiger partial charge is 0.0717 e. The first-order valence-electron chi connectivity index (χ1n) is 3.44. The molecule has 0 heterocycles. The highest BCUT2D eigenvalue weighted by atomic mass is 127. The van der Waals surface area contributed by atoms with Crippen LogP contribution in [0, 0.1) is 10.5 Å². The number of ether oxygens (including phenoxy) is 1. The molecule has 59 valence electrons. The number of hydrogen-bond donors (Lipinski definition) is 0. The predicted molar refractivity (Wildman–Crippen MR) is 54.2 cm³/mol. The Labute approximate surface area is 80.9 Å². The molecule has 1 rings (SSSR count). The van der Waals surface area contributed by atoms with Crippen molar-refractivity contribution in [2.75, 3.05) is 6.61 Å². The summed E-state index contributed by atoms with van der Waals surface area (Å²) in [6, 6.07) is 8.26. The van der Waals surface area contributed by atoms with Crippen LogP contribution >= 0.6 is 22.6 Å². The van der Waals surface area contributed by atoms with Crippen LogP contribution in [0.4, 0.5) is 0 Å². The van der Waals surface area contributed by atoms with E-state index in [-0.39, 0.29) is 0 Å². The van der Waals surface area contributed by atoms with Gasteiger partial charge in [0.1, 0.15) is 0 Å². The van der Waals surface area contributed by atoms with Gasteiger partial charge in [-0.2, -0.15) is 0 Å². The molecule has 1 aromatic carbocycles. The lowest BCUT2D eigenvalue weighted by Crippen LogP contribution is -1.91. The van der Waals surface area contributed by atoms with Crippen molar-refractivity contribution in [3.63, 3.8) is 0 Å². The van der Waals surface area contributed by atoms with E-state index in [1.165, 1.54) is 9.13 Å². The van der Waals surface area contributed by atoms with E-state index in [2.05, 4.69) is 47.7 Å². The number of hydrogen-bond acceptors (Lipinski definition) is 1. The van der Waals surface area contributed by atoms with Crippen LogP contribution in [-0.2, 0) is 11.3 Å². The van der Waals surface area contributed by atoms with Crippen molar-refractivity contribution in [2.45, 2.75) is 6.61 Å². The fourth-order valence-corrected chi connectivity index (χ4v) is 1.42. The average Bonchev–Trinajstić information content (AvgIpc) is 2.01. The molecule has 0 fully saturated rings. The fourth-order valence-electron chi connectivity index (χ4n) is 0.817. The second-order valence-electron chi connectivity index (χ2n) is 2.18. The Balaban J connectivity index is 2.56. The van der Waals surface area contributed by atoms with Crippen molar-refractivity contribution in [3.8, 4) is 0 Å². The first-order valence-corrected chi connectivity index (χ1v) is 4.52. The van der Waals surface area contributed by atoms with Crippen LogP contribution in [0.1, 0.15) is 5.56 Å². The average molecular weight is 261 g/mol. The quantitative estimate of drug-likeness (QED) is 0.760. The van der Waals surface area contributed by atoms with Gasteiger partial charge in [0.05, 0.1) is 6.61 Å². The fraction of sp³-hybridized carbons (Fsp3) is 0.222. The molecule has 1 nitrogen and oxygen atoms in total. The minimum absolute atomic E-state index is 0.533. The van der Waals surface area contributed by atoms with Crippen molar-refractivity contribution in [2.24, 2.45) is 0 Å². The molecular formula is C9H10IO. The molecule has 0 N–H and O–H groups in total. The van der Waals surface area contributed by atoms with Crippen molar-refractivity contribution >= 4 is 22.6 Å². The summed E-state index contributed by atoms with van der Waals surface area (Å²) in [6.45, 7) is 4.80. The van der Waals surface area contributed by atoms with Crippen LogP contribution in [0.25, 0.3) is 0 Å². The molecule has 0 bridgehead atoms. The van der Waals surface area contributed by atoms with Gasteiger partial charge < -0.3 is 4.74 Å². The molecule has 0 atom stereocenters. The Morgan fingerprint density at radius 3 is 2.91 bits per heavy atom. The van der Waals surface area contributed by atoms with Crippen molar-refractivity contribution in [3.05, 3.63) is 40.3 Å². The molecule has 0 saturated carbocycles. The summed E-state index contributed by atoms with van der Waals surface area (Å²) in [5, 5.41) is 0. The maximum atomic E-state index is 5.16. The zero-order valence-corrected chi connectivity index (χ0v) is 8.37. The molecule has 0 spiro atoms. The molecule has 0 aromatic heterocycles. The van der Waals surface area contributed by atoms with Crippen LogP contribution in [0.3, 0.4) is 0 Å². The maximum Gasteiger partial charge on any atom is 0.0717 e. The summed E-state index contributed by atoms with van der Waals surface area (Å²) in [5.74, 6) is 0. The summed E-state index contributed by atoms with van der Waals surface area (Å²) < 4.78 is 6.40. The summed E-state index contributed by atoms with van der Waals surface area (Å²) in [7, 11) is 0. The monoisotopic (exact) mass is 261 g/mol. The highest BCUT2D eigenvalue weighted by Crippen LogP contribution is 2.08. The highest BCUT2D eigenvalue weighted by Gasteiger charge is 1.91. The minimum Gasteiger partial charge on any atom is -0.377 e. The van der Waals surface area contributed by atoms with Crippen LogP contribution in [0.5, 0.6) is 0 Å². The Bertz CT molecular complexity index is 223. The lowest BCUT2D eigenvalue weighted by atomic mass is 10.2. The van der Waals surface area contributed by atoms with Crippen molar-refractivity contribution < 1.29 is 4.74 Å². The first kappa shape index (κ1) is 9.00. The van der Waals surface area contributed by atoms with E-state index in [1.54, 1.807) is 0 Å². The molecule has 2 heteroatoms. The van der Waals surface area contributed by atoms with Gasteiger partial charge in [0.25, 0.3) is 0 Å². The Morgan fingerprint density at radius 1 is 1.45 bits per heavy atom. The van der Waals surface area contributed by atoms with E-state index in [0.29, 0.717) is 13.2 Å². The summed E-state index contributed by atoms with van der Waals surface area (Å²) in [5.41, 5.74) is 1.21. The molecule has 0 aliphatic rings. The van der Waals surface area contributed by atoms with E-state index in [0.717, 1.165) is 0 Å². The topological polar surface area (TPSA) is 9.23 Å². The third-order valence-corrected chi connectivity index (χ3v) is 1.97. The van der Waals surface area contributed by atoms with Crippen LogP contribution in [0.2, 0.25) is 0 Å². The van der Waals surface area contributed by atoms with E-state index in [9.17, 15) is 0 Å². The van der Waals surface area contributed by atoms with Crippen LogP contribution in [-0.4, -0.2) is 6.61 Å². The van der Waals surface area contributed by atoms with Crippen molar-refractivity contribution in [1.82, 2.24) is 0 Å². The molecule has 11 heavy (non-hydrogen) atoms. The molecule has 0 unspecified atom stereocenters. The second-order valence-corrected chi connectivity index (χ2v) is 3.43. The van der Waals surface area contributed by atoms with Gasteiger partial charge in [-0.05, 0) is 47.2 Å². The van der Waals surface area contributed by atoms with Crippen LogP contribution in [0.15, 0.2) is 24.3 Å². The van der Waals surface area contributed by atoms with Gasteiger partial charge in [-0.1, -0.05) is 12.1 Å². The highest BCUT2D eigenvalue weighted by molar-refractivity contribution is 14.1. The van der Waals surface area contributed by atoms with E-state index in [1.807, 2.05) is 6.07 Å². The van der Waals surface area contributed by atoms with Gasteiger partial charge in [0.2, 0.25) is 0 Å². The Hall–Kier alpha value is -0.0900. The Morgan fingerprint density at radius 2 is 2.27 bits per heavy atom. The lowest BCUT2D eigenvalue weighted by Gasteiger charge is -2.00. The number of halogens is 1. The maximum absolute atomic E-state index is 5.16. The van der Waals surface area contributed by atoms with E-state index in [4.69, 9.17) is 4.74 Å².